The molecule has 4 heteroatoms. The summed E-state index contributed by atoms with van der Waals surface area (Å²) in [4.78, 5) is 0. The first-order valence-corrected chi connectivity index (χ1v) is 6.43. The zero-order valence-corrected chi connectivity index (χ0v) is 12.1. The van der Waals surface area contributed by atoms with E-state index in [1.165, 1.54) is 11.6 Å². The fourth-order valence-electron chi connectivity index (χ4n) is 2.47. The van der Waals surface area contributed by atoms with E-state index in [1.54, 1.807) is 13.0 Å². The van der Waals surface area contributed by atoms with Crippen molar-refractivity contribution in [3.05, 3.63) is 46.5 Å². The van der Waals surface area contributed by atoms with Crippen molar-refractivity contribution in [3.63, 3.8) is 0 Å². The molecule has 2 aromatic rings. The van der Waals surface area contributed by atoms with Gasteiger partial charge in [-0.2, -0.15) is 5.10 Å². The van der Waals surface area contributed by atoms with Crippen LogP contribution in [0.5, 0.6) is 0 Å². The summed E-state index contributed by atoms with van der Waals surface area (Å²) in [5, 5.41) is 7.82. The Kier molecular flexibility index (Phi) is 3.60. The molecule has 0 saturated carbocycles. The van der Waals surface area contributed by atoms with Gasteiger partial charge in [0.15, 0.2) is 0 Å². The van der Waals surface area contributed by atoms with Crippen molar-refractivity contribution in [1.29, 1.82) is 0 Å². The molecule has 0 bridgehead atoms. The first-order chi connectivity index (χ1) is 8.90. The molecule has 0 fully saturated rings. The number of hydrogen-bond acceptors (Lipinski definition) is 2. The molecule has 1 N–H and O–H groups in total. The van der Waals surface area contributed by atoms with E-state index in [0.717, 1.165) is 17.1 Å². The highest BCUT2D eigenvalue weighted by Gasteiger charge is 2.16. The van der Waals surface area contributed by atoms with Gasteiger partial charge in [-0.15, -0.1) is 0 Å². The summed E-state index contributed by atoms with van der Waals surface area (Å²) in [6.45, 7) is 7.93. The molecule has 0 aliphatic carbocycles. The lowest BCUT2D eigenvalue weighted by molar-refractivity contribution is 0.618. The van der Waals surface area contributed by atoms with Gasteiger partial charge in [-0.25, -0.2) is 4.39 Å². The Hall–Kier alpha value is -1.84. The number of anilines is 1. The third-order valence-electron chi connectivity index (χ3n) is 3.54. The van der Waals surface area contributed by atoms with Crippen LogP contribution < -0.4 is 5.32 Å². The lowest BCUT2D eigenvalue weighted by Gasteiger charge is -2.16. The van der Waals surface area contributed by atoms with E-state index in [4.69, 9.17) is 0 Å². The van der Waals surface area contributed by atoms with Gasteiger partial charge in [-0.05, 0) is 51.5 Å². The van der Waals surface area contributed by atoms with E-state index in [-0.39, 0.29) is 11.9 Å². The molecule has 3 nitrogen and oxygen atoms in total. The molecule has 1 aromatic carbocycles. The Morgan fingerprint density at radius 3 is 2.47 bits per heavy atom. The molecule has 0 spiro atoms. The van der Waals surface area contributed by atoms with Gasteiger partial charge in [0.1, 0.15) is 5.82 Å². The van der Waals surface area contributed by atoms with Crippen molar-refractivity contribution >= 4 is 5.69 Å². The van der Waals surface area contributed by atoms with Crippen LogP contribution in [0.4, 0.5) is 10.1 Å². The fraction of sp³-hybridized carbons (Fsp3) is 0.400. The number of aromatic nitrogens is 2. The van der Waals surface area contributed by atoms with Crippen molar-refractivity contribution in [3.8, 4) is 0 Å². The van der Waals surface area contributed by atoms with E-state index in [1.807, 2.05) is 24.7 Å². The number of nitrogens with one attached hydrogen (secondary N) is 1. The molecule has 0 amide bonds. The van der Waals surface area contributed by atoms with Crippen molar-refractivity contribution in [2.45, 2.75) is 33.7 Å². The summed E-state index contributed by atoms with van der Waals surface area (Å²) in [6, 6.07) is 5.22. The second-order valence-electron chi connectivity index (χ2n) is 5.04. The van der Waals surface area contributed by atoms with E-state index in [0.29, 0.717) is 5.56 Å². The maximum atomic E-state index is 13.2. The van der Waals surface area contributed by atoms with E-state index < -0.39 is 0 Å². The molecular formula is C15H20FN3. The summed E-state index contributed by atoms with van der Waals surface area (Å²) in [7, 11) is 1.95. The van der Waals surface area contributed by atoms with Crippen LogP contribution in [-0.2, 0) is 7.05 Å². The Morgan fingerprint density at radius 1 is 1.26 bits per heavy atom. The Bertz CT molecular complexity index is 602. The SMILES string of the molecule is Cc1cc(NC(C)c2c(C)nn(C)c2C)ccc1F. The number of aryl methyl sites for hydroxylation is 3. The molecule has 1 atom stereocenters. The predicted molar refractivity (Wildman–Crippen MR) is 75.9 cm³/mol. The topological polar surface area (TPSA) is 29.9 Å². The van der Waals surface area contributed by atoms with E-state index in [9.17, 15) is 4.39 Å². The number of hydrogen-bond donors (Lipinski definition) is 1. The molecule has 19 heavy (non-hydrogen) atoms. The molecule has 1 heterocycles. The van der Waals surface area contributed by atoms with E-state index >= 15 is 0 Å². The van der Waals surface area contributed by atoms with Crippen LogP contribution in [0.25, 0.3) is 0 Å². The maximum Gasteiger partial charge on any atom is 0.126 e. The second-order valence-corrected chi connectivity index (χ2v) is 5.04. The minimum Gasteiger partial charge on any atom is -0.378 e. The quantitative estimate of drug-likeness (QED) is 0.913. The molecule has 102 valence electrons. The van der Waals surface area contributed by atoms with Crippen LogP contribution >= 0.6 is 0 Å². The minimum atomic E-state index is -0.174. The molecule has 1 unspecified atom stereocenters. The smallest absolute Gasteiger partial charge is 0.126 e. The van der Waals surface area contributed by atoms with Crippen LogP contribution in [0.2, 0.25) is 0 Å². The highest BCUT2D eigenvalue weighted by Crippen LogP contribution is 2.25. The number of nitrogens with zero attached hydrogens (tertiary/aromatic N) is 2. The molecular weight excluding hydrogens is 241 g/mol. The zero-order valence-electron chi connectivity index (χ0n) is 12.1. The summed E-state index contributed by atoms with van der Waals surface area (Å²) in [6.07, 6.45) is 0. The van der Waals surface area contributed by atoms with E-state index in [2.05, 4.69) is 24.3 Å². The van der Waals surface area contributed by atoms with Crippen molar-refractivity contribution in [1.82, 2.24) is 9.78 Å². The van der Waals surface area contributed by atoms with Gasteiger partial charge < -0.3 is 5.32 Å². The fourth-order valence-corrected chi connectivity index (χ4v) is 2.47. The highest BCUT2D eigenvalue weighted by atomic mass is 19.1. The van der Waals surface area contributed by atoms with Gasteiger partial charge >= 0.3 is 0 Å². The summed E-state index contributed by atoms with van der Waals surface area (Å²) >= 11 is 0. The van der Waals surface area contributed by atoms with Crippen LogP contribution in [0.1, 0.15) is 35.5 Å². The minimum absolute atomic E-state index is 0.138. The summed E-state index contributed by atoms with van der Waals surface area (Å²) < 4.78 is 15.1. The summed E-state index contributed by atoms with van der Waals surface area (Å²) in [5.74, 6) is -0.174. The molecule has 0 saturated heterocycles. The van der Waals surface area contributed by atoms with Crippen molar-refractivity contribution in [2.24, 2.45) is 7.05 Å². The van der Waals surface area contributed by atoms with Gasteiger partial charge in [0, 0.05) is 24.0 Å². The van der Waals surface area contributed by atoms with Crippen LogP contribution in [0.15, 0.2) is 18.2 Å². The predicted octanol–water partition coefficient (Wildman–Crippen LogP) is 3.66. The molecule has 1 aromatic heterocycles. The average molecular weight is 261 g/mol. The molecule has 0 aliphatic rings. The normalized spacial score (nSPS) is 12.5. The molecule has 0 radical (unpaired) electrons. The van der Waals surface area contributed by atoms with Gasteiger partial charge in [-0.1, -0.05) is 0 Å². The first kappa shape index (κ1) is 13.6. The number of benzene rings is 1. The molecule has 0 aliphatic heterocycles. The van der Waals surface area contributed by atoms with Crippen molar-refractivity contribution < 1.29 is 4.39 Å². The third-order valence-corrected chi connectivity index (χ3v) is 3.54. The van der Waals surface area contributed by atoms with Gasteiger partial charge in [0.2, 0.25) is 0 Å². The molecule has 2 rings (SSSR count). The highest BCUT2D eigenvalue weighted by molar-refractivity contribution is 5.48. The lowest BCUT2D eigenvalue weighted by atomic mass is 10.1. The van der Waals surface area contributed by atoms with Crippen molar-refractivity contribution in [2.75, 3.05) is 5.32 Å². The first-order valence-electron chi connectivity index (χ1n) is 6.43. The maximum absolute atomic E-state index is 13.2. The van der Waals surface area contributed by atoms with Gasteiger partial charge in [-0.3, -0.25) is 4.68 Å². The van der Waals surface area contributed by atoms with Crippen LogP contribution in [-0.4, -0.2) is 9.78 Å². The zero-order chi connectivity index (χ0) is 14.2. The second kappa shape index (κ2) is 5.03. The average Bonchev–Trinajstić information content (AvgIpc) is 2.58. The van der Waals surface area contributed by atoms with Crippen LogP contribution in [0.3, 0.4) is 0 Å². The Labute approximate surface area is 113 Å². The lowest BCUT2D eigenvalue weighted by Crippen LogP contribution is -2.09. The van der Waals surface area contributed by atoms with Gasteiger partial charge in [0.05, 0.1) is 11.7 Å². The number of rotatable bonds is 3. The number of halogens is 1. The standard InChI is InChI=1S/C15H20FN3/c1-9-8-13(6-7-14(9)16)17-10(2)15-11(3)18-19(5)12(15)4/h6-8,10,17H,1-5H3. The Balaban J connectivity index is 2.25. The van der Waals surface area contributed by atoms with Crippen LogP contribution in [0, 0.1) is 26.6 Å². The summed E-state index contributed by atoms with van der Waals surface area (Å²) in [5.41, 5.74) is 4.95. The Morgan fingerprint density at radius 2 is 1.95 bits per heavy atom. The monoisotopic (exact) mass is 261 g/mol. The third kappa shape index (κ3) is 2.62. The van der Waals surface area contributed by atoms with Gasteiger partial charge in [0.25, 0.3) is 0 Å². The largest absolute Gasteiger partial charge is 0.378 e.